The van der Waals surface area contributed by atoms with Crippen molar-refractivity contribution in [2.75, 3.05) is 44.2 Å². The van der Waals surface area contributed by atoms with Gasteiger partial charge in [-0.05, 0) is 49.1 Å². The van der Waals surface area contributed by atoms with Gasteiger partial charge in [0.1, 0.15) is 0 Å². The van der Waals surface area contributed by atoms with Crippen LogP contribution in [0.3, 0.4) is 0 Å². The lowest BCUT2D eigenvalue weighted by molar-refractivity contribution is 0.207. The van der Waals surface area contributed by atoms with Gasteiger partial charge in [0.05, 0.1) is 0 Å². The fourth-order valence-corrected chi connectivity index (χ4v) is 3.24. The molecule has 0 saturated carbocycles. The van der Waals surface area contributed by atoms with Crippen LogP contribution in [-0.2, 0) is 0 Å². The summed E-state index contributed by atoms with van der Waals surface area (Å²) in [6.07, 6.45) is 1.23. The van der Waals surface area contributed by atoms with Crippen LogP contribution < -0.4 is 10.6 Å². The van der Waals surface area contributed by atoms with Gasteiger partial charge in [-0.3, -0.25) is 4.90 Å². The second kappa shape index (κ2) is 8.02. The Kier molecular flexibility index (Phi) is 6.34. The maximum absolute atomic E-state index is 5.95. The zero-order valence-electron chi connectivity index (χ0n) is 13.3. The molecule has 1 heterocycles. The highest BCUT2D eigenvalue weighted by molar-refractivity contribution is 6.30. The van der Waals surface area contributed by atoms with Crippen molar-refractivity contribution in [3.63, 3.8) is 0 Å². The topological polar surface area (TPSA) is 32.5 Å². The number of rotatable bonds is 6. The van der Waals surface area contributed by atoms with E-state index in [1.165, 1.54) is 12.1 Å². The van der Waals surface area contributed by atoms with Crippen LogP contribution in [0.2, 0.25) is 5.02 Å². The molecule has 2 N–H and O–H groups in total. The van der Waals surface area contributed by atoms with Crippen molar-refractivity contribution >= 4 is 17.3 Å². The fraction of sp³-hybridized carbons (Fsp3) is 0.647. The number of nitrogens with zero attached hydrogens (tertiary/aromatic N) is 2. The molecule has 118 valence electrons. The zero-order chi connectivity index (χ0) is 15.2. The van der Waals surface area contributed by atoms with E-state index >= 15 is 0 Å². The quantitative estimate of drug-likeness (QED) is 0.876. The summed E-state index contributed by atoms with van der Waals surface area (Å²) in [5.41, 5.74) is 7.20. The Balaban J connectivity index is 1.81. The summed E-state index contributed by atoms with van der Waals surface area (Å²) >= 11 is 5.95. The second-order valence-electron chi connectivity index (χ2n) is 6.50. The van der Waals surface area contributed by atoms with Gasteiger partial charge in [-0.15, -0.1) is 0 Å². The van der Waals surface area contributed by atoms with Crippen LogP contribution >= 0.6 is 11.6 Å². The summed E-state index contributed by atoms with van der Waals surface area (Å²) in [5, 5.41) is 0.803. The van der Waals surface area contributed by atoms with E-state index in [4.69, 9.17) is 17.3 Å². The standard InChI is InChI=1S/C17H28ClN3/c1-14(2)11-15(12-19)13-20-7-9-21(10-8-20)17-5-3-16(18)4-6-17/h3-6,14-15H,7-13,19H2,1-2H3. The van der Waals surface area contributed by atoms with E-state index in [0.29, 0.717) is 5.92 Å². The van der Waals surface area contributed by atoms with Gasteiger partial charge in [0.25, 0.3) is 0 Å². The van der Waals surface area contributed by atoms with Crippen LogP contribution in [0.1, 0.15) is 20.3 Å². The molecule has 2 rings (SSSR count). The molecule has 1 saturated heterocycles. The average molecular weight is 310 g/mol. The molecule has 4 heteroatoms. The largest absolute Gasteiger partial charge is 0.369 e. The minimum absolute atomic E-state index is 0.632. The van der Waals surface area contributed by atoms with E-state index in [2.05, 4.69) is 35.8 Å². The summed E-state index contributed by atoms with van der Waals surface area (Å²) in [7, 11) is 0. The molecule has 21 heavy (non-hydrogen) atoms. The Morgan fingerprint density at radius 2 is 1.71 bits per heavy atom. The molecule has 0 radical (unpaired) electrons. The van der Waals surface area contributed by atoms with E-state index in [1.807, 2.05) is 12.1 Å². The van der Waals surface area contributed by atoms with Crippen LogP contribution in [0.25, 0.3) is 0 Å². The van der Waals surface area contributed by atoms with E-state index < -0.39 is 0 Å². The monoisotopic (exact) mass is 309 g/mol. The third-order valence-corrected chi connectivity index (χ3v) is 4.47. The first kappa shape index (κ1) is 16.6. The lowest BCUT2D eigenvalue weighted by Crippen LogP contribution is -2.48. The maximum Gasteiger partial charge on any atom is 0.0407 e. The molecule has 1 aromatic carbocycles. The number of anilines is 1. The lowest BCUT2D eigenvalue weighted by atomic mass is 9.96. The van der Waals surface area contributed by atoms with Crippen LogP contribution in [0.15, 0.2) is 24.3 Å². The third-order valence-electron chi connectivity index (χ3n) is 4.22. The zero-order valence-corrected chi connectivity index (χ0v) is 14.0. The predicted molar refractivity (Wildman–Crippen MR) is 92.1 cm³/mol. The highest BCUT2D eigenvalue weighted by Gasteiger charge is 2.20. The molecule has 1 fully saturated rings. The Hall–Kier alpha value is -0.770. The minimum atomic E-state index is 0.632. The normalized spacial score (nSPS) is 18.2. The highest BCUT2D eigenvalue weighted by Crippen LogP contribution is 2.20. The van der Waals surface area contributed by atoms with Gasteiger partial charge in [0.2, 0.25) is 0 Å². The molecule has 0 bridgehead atoms. The van der Waals surface area contributed by atoms with Crippen molar-refractivity contribution in [3.8, 4) is 0 Å². The smallest absolute Gasteiger partial charge is 0.0407 e. The SMILES string of the molecule is CC(C)CC(CN)CN1CCN(c2ccc(Cl)cc2)CC1. The van der Waals surface area contributed by atoms with Crippen molar-refractivity contribution in [1.82, 2.24) is 4.90 Å². The van der Waals surface area contributed by atoms with Crippen LogP contribution in [0, 0.1) is 11.8 Å². The number of benzene rings is 1. The molecule has 1 unspecified atom stereocenters. The molecular weight excluding hydrogens is 282 g/mol. The number of piperazine rings is 1. The molecule has 0 spiro atoms. The Labute approximate surface area is 134 Å². The molecule has 0 aromatic heterocycles. The second-order valence-corrected chi connectivity index (χ2v) is 6.93. The summed E-state index contributed by atoms with van der Waals surface area (Å²) in [5.74, 6) is 1.36. The molecule has 0 aliphatic carbocycles. The average Bonchev–Trinajstić information content (AvgIpc) is 2.48. The number of halogens is 1. The minimum Gasteiger partial charge on any atom is -0.369 e. The van der Waals surface area contributed by atoms with E-state index in [1.54, 1.807) is 0 Å². The first-order valence-corrected chi connectivity index (χ1v) is 8.39. The lowest BCUT2D eigenvalue weighted by Gasteiger charge is -2.37. The van der Waals surface area contributed by atoms with Gasteiger partial charge in [0, 0.05) is 43.4 Å². The Bertz CT molecular complexity index is 411. The third kappa shape index (κ3) is 5.17. The number of hydrogen-bond acceptors (Lipinski definition) is 3. The van der Waals surface area contributed by atoms with Gasteiger partial charge in [-0.25, -0.2) is 0 Å². The number of hydrogen-bond donors (Lipinski definition) is 1. The van der Waals surface area contributed by atoms with Crippen molar-refractivity contribution in [1.29, 1.82) is 0 Å². The van der Waals surface area contributed by atoms with E-state index in [-0.39, 0.29) is 0 Å². The van der Waals surface area contributed by atoms with Crippen molar-refractivity contribution in [2.24, 2.45) is 17.6 Å². The van der Waals surface area contributed by atoms with E-state index in [9.17, 15) is 0 Å². The Morgan fingerprint density at radius 3 is 2.24 bits per heavy atom. The van der Waals surface area contributed by atoms with Gasteiger partial charge in [-0.1, -0.05) is 25.4 Å². The summed E-state index contributed by atoms with van der Waals surface area (Å²) in [6.45, 7) is 10.9. The highest BCUT2D eigenvalue weighted by atomic mass is 35.5. The molecule has 0 amide bonds. The first-order valence-electron chi connectivity index (χ1n) is 8.01. The fourth-order valence-electron chi connectivity index (χ4n) is 3.12. The molecule has 1 aliphatic rings. The number of nitrogens with two attached hydrogens (primary N) is 1. The summed E-state index contributed by atoms with van der Waals surface area (Å²) < 4.78 is 0. The van der Waals surface area contributed by atoms with Crippen molar-refractivity contribution in [2.45, 2.75) is 20.3 Å². The predicted octanol–water partition coefficient (Wildman–Crippen LogP) is 3.08. The summed E-state index contributed by atoms with van der Waals surface area (Å²) in [6, 6.07) is 8.16. The van der Waals surface area contributed by atoms with Gasteiger partial charge in [-0.2, -0.15) is 0 Å². The van der Waals surface area contributed by atoms with Crippen molar-refractivity contribution in [3.05, 3.63) is 29.3 Å². The molecule has 3 nitrogen and oxygen atoms in total. The summed E-state index contributed by atoms with van der Waals surface area (Å²) in [4.78, 5) is 5.00. The van der Waals surface area contributed by atoms with Crippen LogP contribution in [0.5, 0.6) is 0 Å². The van der Waals surface area contributed by atoms with Crippen LogP contribution in [-0.4, -0.2) is 44.2 Å². The van der Waals surface area contributed by atoms with Gasteiger partial charge >= 0.3 is 0 Å². The van der Waals surface area contributed by atoms with Gasteiger partial charge in [0.15, 0.2) is 0 Å². The van der Waals surface area contributed by atoms with E-state index in [0.717, 1.165) is 50.2 Å². The molecule has 1 aromatic rings. The van der Waals surface area contributed by atoms with Crippen LogP contribution in [0.4, 0.5) is 5.69 Å². The molecule has 1 aliphatic heterocycles. The molecular formula is C17H28ClN3. The first-order chi connectivity index (χ1) is 10.1. The Morgan fingerprint density at radius 1 is 1.10 bits per heavy atom. The maximum atomic E-state index is 5.95. The van der Waals surface area contributed by atoms with Gasteiger partial charge < -0.3 is 10.6 Å². The van der Waals surface area contributed by atoms with Crippen molar-refractivity contribution < 1.29 is 0 Å². The molecule has 1 atom stereocenters.